The number of rotatable bonds is 4. The first-order valence-electron chi connectivity index (χ1n) is 7.45. The summed E-state index contributed by atoms with van der Waals surface area (Å²) in [4.78, 5) is 0. The fraction of sp³-hybridized carbons (Fsp3) is 0.471. The Balaban J connectivity index is 2.37. The van der Waals surface area contributed by atoms with Crippen LogP contribution in [-0.4, -0.2) is 9.78 Å². The van der Waals surface area contributed by atoms with E-state index in [4.69, 9.17) is 5.84 Å². The highest BCUT2D eigenvalue weighted by molar-refractivity contribution is 5.36. The minimum atomic E-state index is -0.0253. The Hall–Kier alpha value is -1.65. The number of aryl methyl sites for hydroxylation is 2. The van der Waals surface area contributed by atoms with Gasteiger partial charge in [0.1, 0.15) is 0 Å². The van der Waals surface area contributed by atoms with Crippen LogP contribution in [0.4, 0.5) is 0 Å². The molecule has 0 bridgehead atoms. The average molecular weight is 286 g/mol. The molecule has 0 spiro atoms. The third kappa shape index (κ3) is 3.34. The van der Waals surface area contributed by atoms with Gasteiger partial charge in [0, 0.05) is 18.8 Å². The van der Waals surface area contributed by atoms with Crippen molar-refractivity contribution in [3.63, 3.8) is 0 Å². The molecule has 1 atom stereocenters. The lowest BCUT2D eigenvalue weighted by molar-refractivity contribution is 0.587. The third-order valence-corrected chi connectivity index (χ3v) is 3.86. The van der Waals surface area contributed by atoms with Crippen LogP contribution in [0.15, 0.2) is 30.5 Å². The lowest BCUT2D eigenvalue weighted by Gasteiger charge is -2.21. The molecule has 0 amide bonds. The quantitative estimate of drug-likeness (QED) is 0.671. The topological polar surface area (TPSA) is 55.9 Å². The number of nitrogens with two attached hydrogens (primary N) is 1. The van der Waals surface area contributed by atoms with Crippen LogP contribution in [0.3, 0.4) is 0 Å². The van der Waals surface area contributed by atoms with Gasteiger partial charge in [-0.2, -0.15) is 5.10 Å². The molecule has 0 saturated carbocycles. The van der Waals surface area contributed by atoms with Crippen LogP contribution in [0, 0.1) is 0 Å². The van der Waals surface area contributed by atoms with Crippen molar-refractivity contribution in [2.45, 2.75) is 45.6 Å². The van der Waals surface area contributed by atoms with Crippen molar-refractivity contribution in [1.82, 2.24) is 15.2 Å². The summed E-state index contributed by atoms with van der Waals surface area (Å²) in [5.41, 5.74) is 7.80. The Labute approximate surface area is 127 Å². The van der Waals surface area contributed by atoms with Crippen LogP contribution in [0.1, 0.15) is 56.1 Å². The van der Waals surface area contributed by atoms with Gasteiger partial charge >= 0.3 is 0 Å². The van der Waals surface area contributed by atoms with Crippen molar-refractivity contribution in [3.8, 4) is 0 Å². The Morgan fingerprint density at radius 2 is 1.86 bits per heavy atom. The minimum Gasteiger partial charge on any atom is -0.275 e. The molecule has 1 aromatic heterocycles. The summed E-state index contributed by atoms with van der Waals surface area (Å²) in [7, 11) is 1.94. The zero-order chi connectivity index (χ0) is 15.6. The maximum Gasteiger partial charge on any atom is 0.0743 e. The first-order valence-corrected chi connectivity index (χ1v) is 7.45. The van der Waals surface area contributed by atoms with Crippen LogP contribution >= 0.6 is 0 Å². The van der Waals surface area contributed by atoms with Gasteiger partial charge in [-0.25, -0.2) is 5.43 Å². The SMILES string of the molecule is CCc1nn(C)cc1C(NN)c1ccc(C(C)(C)C)cc1. The molecule has 1 aromatic carbocycles. The Kier molecular flexibility index (Phi) is 4.49. The van der Waals surface area contributed by atoms with E-state index >= 15 is 0 Å². The van der Waals surface area contributed by atoms with Crippen LogP contribution in [0.5, 0.6) is 0 Å². The summed E-state index contributed by atoms with van der Waals surface area (Å²) in [5.74, 6) is 5.81. The normalized spacial score (nSPS) is 13.4. The highest BCUT2D eigenvalue weighted by Gasteiger charge is 2.20. The average Bonchev–Trinajstić information content (AvgIpc) is 2.80. The maximum absolute atomic E-state index is 5.81. The van der Waals surface area contributed by atoms with Gasteiger partial charge in [0.15, 0.2) is 0 Å². The third-order valence-electron chi connectivity index (χ3n) is 3.86. The van der Waals surface area contributed by atoms with E-state index in [0.717, 1.165) is 23.2 Å². The van der Waals surface area contributed by atoms with E-state index in [1.54, 1.807) is 0 Å². The predicted octanol–water partition coefficient (Wildman–Crippen LogP) is 2.83. The molecule has 2 aromatic rings. The molecule has 1 heterocycles. The van der Waals surface area contributed by atoms with E-state index in [1.165, 1.54) is 5.56 Å². The first-order chi connectivity index (χ1) is 9.86. The second-order valence-corrected chi connectivity index (χ2v) is 6.53. The van der Waals surface area contributed by atoms with Crippen molar-refractivity contribution < 1.29 is 0 Å². The van der Waals surface area contributed by atoms with Crippen molar-refractivity contribution >= 4 is 0 Å². The highest BCUT2D eigenvalue weighted by atomic mass is 15.3. The molecule has 4 nitrogen and oxygen atoms in total. The molecule has 21 heavy (non-hydrogen) atoms. The van der Waals surface area contributed by atoms with Crippen LogP contribution < -0.4 is 11.3 Å². The molecule has 2 rings (SSSR count). The summed E-state index contributed by atoms with van der Waals surface area (Å²) in [6.45, 7) is 8.77. The van der Waals surface area contributed by atoms with Gasteiger partial charge in [-0.1, -0.05) is 52.0 Å². The van der Waals surface area contributed by atoms with Crippen molar-refractivity contribution in [3.05, 3.63) is 52.8 Å². The molecule has 3 N–H and O–H groups in total. The smallest absolute Gasteiger partial charge is 0.0743 e. The molecule has 4 heteroatoms. The van der Waals surface area contributed by atoms with E-state index in [0.29, 0.717) is 0 Å². The van der Waals surface area contributed by atoms with E-state index in [9.17, 15) is 0 Å². The Morgan fingerprint density at radius 1 is 1.24 bits per heavy atom. The van der Waals surface area contributed by atoms with Crippen LogP contribution in [-0.2, 0) is 18.9 Å². The first kappa shape index (κ1) is 15.7. The molecule has 0 aliphatic rings. The highest BCUT2D eigenvalue weighted by Crippen LogP contribution is 2.27. The standard InChI is InChI=1S/C17H26N4/c1-6-15-14(11-21(5)20-15)16(19-18)12-7-9-13(10-8-12)17(2,3)4/h7-11,16,19H,6,18H2,1-5H3. The largest absolute Gasteiger partial charge is 0.275 e. The molecule has 0 aliphatic carbocycles. The lowest BCUT2D eigenvalue weighted by Crippen LogP contribution is -2.29. The fourth-order valence-corrected chi connectivity index (χ4v) is 2.61. The number of hydrogen-bond donors (Lipinski definition) is 2. The number of aromatic nitrogens is 2. The molecular formula is C17H26N4. The number of hydrogen-bond acceptors (Lipinski definition) is 3. The number of nitrogens with one attached hydrogen (secondary N) is 1. The van der Waals surface area contributed by atoms with E-state index in [1.807, 2.05) is 17.9 Å². The molecule has 0 aliphatic heterocycles. The molecule has 114 valence electrons. The molecule has 0 fully saturated rings. The molecule has 0 saturated heterocycles. The second-order valence-electron chi connectivity index (χ2n) is 6.53. The summed E-state index contributed by atoms with van der Waals surface area (Å²) >= 11 is 0. The summed E-state index contributed by atoms with van der Waals surface area (Å²) in [6.07, 6.45) is 2.94. The lowest BCUT2D eigenvalue weighted by atomic mass is 9.86. The summed E-state index contributed by atoms with van der Waals surface area (Å²) in [5, 5.41) is 4.50. The zero-order valence-electron chi connectivity index (χ0n) is 13.6. The second kappa shape index (κ2) is 6.00. The zero-order valence-corrected chi connectivity index (χ0v) is 13.6. The predicted molar refractivity (Wildman–Crippen MR) is 86.9 cm³/mol. The summed E-state index contributed by atoms with van der Waals surface area (Å²) < 4.78 is 1.85. The van der Waals surface area contributed by atoms with E-state index in [2.05, 4.69) is 62.5 Å². The van der Waals surface area contributed by atoms with Gasteiger partial charge < -0.3 is 0 Å². The van der Waals surface area contributed by atoms with Gasteiger partial charge in [0.05, 0.1) is 11.7 Å². The van der Waals surface area contributed by atoms with Gasteiger partial charge in [0.25, 0.3) is 0 Å². The minimum absolute atomic E-state index is 0.0253. The Bertz CT molecular complexity index is 590. The van der Waals surface area contributed by atoms with Crippen molar-refractivity contribution in [2.75, 3.05) is 0 Å². The number of hydrazine groups is 1. The van der Waals surface area contributed by atoms with Gasteiger partial charge in [-0.15, -0.1) is 0 Å². The van der Waals surface area contributed by atoms with Gasteiger partial charge in [0.2, 0.25) is 0 Å². The van der Waals surface area contributed by atoms with Crippen LogP contribution in [0.2, 0.25) is 0 Å². The monoisotopic (exact) mass is 286 g/mol. The Morgan fingerprint density at radius 3 is 2.33 bits per heavy atom. The molecule has 0 radical (unpaired) electrons. The maximum atomic E-state index is 5.81. The fourth-order valence-electron chi connectivity index (χ4n) is 2.61. The van der Waals surface area contributed by atoms with Crippen LogP contribution in [0.25, 0.3) is 0 Å². The summed E-state index contributed by atoms with van der Waals surface area (Å²) in [6, 6.07) is 8.64. The van der Waals surface area contributed by atoms with E-state index < -0.39 is 0 Å². The van der Waals surface area contributed by atoms with Gasteiger partial charge in [-0.3, -0.25) is 10.5 Å². The number of benzene rings is 1. The van der Waals surface area contributed by atoms with E-state index in [-0.39, 0.29) is 11.5 Å². The molecule has 1 unspecified atom stereocenters. The van der Waals surface area contributed by atoms with Gasteiger partial charge in [-0.05, 0) is 23.0 Å². The van der Waals surface area contributed by atoms with Crippen molar-refractivity contribution in [2.24, 2.45) is 12.9 Å². The number of nitrogens with zero attached hydrogens (tertiary/aromatic N) is 2. The molecular weight excluding hydrogens is 260 g/mol. The van der Waals surface area contributed by atoms with Crippen molar-refractivity contribution in [1.29, 1.82) is 0 Å².